The maximum Gasteiger partial charge on any atom is 0.110 e. The fraction of sp³-hybridized carbons (Fsp3) is 0.571. The van der Waals surface area contributed by atoms with Crippen LogP contribution in [0, 0.1) is 0 Å². The second-order valence-corrected chi connectivity index (χ2v) is 5.64. The third-order valence-corrected chi connectivity index (χ3v) is 3.05. The predicted octanol–water partition coefficient (Wildman–Crippen LogP) is 2.47. The zero-order valence-electron chi connectivity index (χ0n) is 11.5. The van der Waals surface area contributed by atoms with E-state index in [2.05, 4.69) is 30.3 Å². The molecule has 0 saturated heterocycles. The Morgan fingerprint density at radius 1 is 1.28 bits per heavy atom. The number of unbranched alkanes of at least 4 members (excludes halogenated alkanes) is 1. The maximum absolute atomic E-state index is 5.55. The van der Waals surface area contributed by atoms with Crippen molar-refractivity contribution in [3.8, 4) is 0 Å². The first-order valence-corrected chi connectivity index (χ1v) is 6.56. The lowest BCUT2D eigenvalue weighted by atomic mass is 10.1. The standard InChI is InChI=1S/C14H22N4/c1-14(2,3)18-12-7-9-16-10-11(12)17-13(18)6-4-5-8-15/h7,9-10H,4-6,8,15H2,1-3H3. The molecule has 0 fully saturated rings. The molecule has 0 spiro atoms. The van der Waals surface area contributed by atoms with Gasteiger partial charge >= 0.3 is 0 Å². The number of rotatable bonds is 4. The lowest BCUT2D eigenvalue weighted by molar-refractivity contribution is 0.392. The number of aryl methyl sites for hydroxylation is 1. The highest BCUT2D eigenvalue weighted by atomic mass is 15.1. The van der Waals surface area contributed by atoms with Gasteiger partial charge in [0.05, 0.1) is 11.7 Å². The van der Waals surface area contributed by atoms with E-state index < -0.39 is 0 Å². The van der Waals surface area contributed by atoms with E-state index in [0.717, 1.165) is 37.1 Å². The van der Waals surface area contributed by atoms with Crippen LogP contribution in [0.2, 0.25) is 0 Å². The molecule has 2 N–H and O–H groups in total. The minimum absolute atomic E-state index is 0.0359. The summed E-state index contributed by atoms with van der Waals surface area (Å²) in [4.78, 5) is 8.86. The maximum atomic E-state index is 5.55. The first-order valence-electron chi connectivity index (χ1n) is 6.56. The number of hydrogen-bond donors (Lipinski definition) is 1. The molecule has 0 aromatic carbocycles. The van der Waals surface area contributed by atoms with Gasteiger partial charge in [-0.25, -0.2) is 4.98 Å². The summed E-state index contributed by atoms with van der Waals surface area (Å²) < 4.78 is 2.32. The van der Waals surface area contributed by atoms with Crippen molar-refractivity contribution in [3.63, 3.8) is 0 Å². The number of pyridine rings is 1. The summed E-state index contributed by atoms with van der Waals surface area (Å²) in [6.07, 6.45) is 6.78. The van der Waals surface area contributed by atoms with E-state index in [1.165, 1.54) is 5.52 Å². The molecule has 2 heterocycles. The van der Waals surface area contributed by atoms with Gasteiger partial charge in [0.15, 0.2) is 0 Å². The van der Waals surface area contributed by atoms with Crippen LogP contribution in [0.5, 0.6) is 0 Å². The summed E-state index contributed by atoms with van der Waals surface area (Å²) in [6, 6.07) is 2.04. The Bertz CT molecular complexity index is 522. The van der Waals surface area contributed by atoms with E-state index in [4.69, 9.17) is 10.7 Å². The quantitative estimate of drug-likeness (QED) is 0.843. The Morgan fingerprint density at radius 3 is 2.72 bits per heavy atom. The lowest BCUT2D eigenvalue weighted by Gasteiger charge is -2.24. The fourth-order valence-electron chi connectivity index (χ4n) is 2.33. The molecule has 2 rings (SSSR count). The van der Waals surface area contributed by atoms with Crippen LogP contribution < -0.4 is 5.73 Å². The molecular weight excluding hydrogens is 224 g/mol. The Balaban J connectivity index is 2.44. The van der Waals surface area contributed by atoms with Crippen LogP contribution in [0.3, 0.4) is 0 Å². The van der Waals surface area contributed by atoms with Crippen LogP contribution in [0.25, 0.3) is 11.0 Å². The minimum atomic E-state index is 0.0359. The molecular formula is C14H22N4. The van der Waals surface area contributed by atoms with Crippen LogP contribution >= 0.6 is 0 Å². The highest BCUT2D eigenvalue weighted by molar-refractivity contribution is 5.75. The molecule has 0 aliphatic rings. The first-order chi connectivity index (χ1) is 8.54. The average Bonchev–Trinajstić information content (AvgIpc) is 2.67. The number of imidazole rings is 1. The largest absolute Gasteiger partial charge is 0.330 e. The Hall–Kier alpha value is -1.42. The number of nitrogens with zero attached hydrogens (tertiary/aromatic N) is 3. The molecule has 0 aliphatic heterocycles. The van der Waals surface area contributed by atoms with E-state index in [-0.39, 0.29) is 5.54 Å². The summed E-state index contributed by atoms with van der Waals surface area (Å²) in [5.74, 6) is 1.14. The minimum Gasteiger partial charge on any atom is -0.330 e. The van der Waals surface area contributed by atoms with Gasteiger partial charge in [-0.15, -0.1) is 0 Å². The van der Waals surface area contributed by atoms with E-state index in [1.807, 2.05) is 18.5 Å². The first kappa shape index (κ1) is 13.0. The second-order valence-electron chi connectivity index (χ2n) is 5.64. The highest BCUT2D eigenvalue weighted by Gasteiger charge is 2.20. The van der Waals surface area contributed by atoms with Gasteiger partial charge in [-0.2, -0.15) is 0 Å². The molecule has 0 aliphatic carbocycles. The van der Waals surface area contributed by atoms with Gasteiger partial charge in [-0.1, -0.05) is 0 Å². The van der Waals surface area contributed by atoms with Gasteiger partial charge in [0.1, 0.15) is 11.3 Å². The van der Waals surface area contributed by atoms with Gasteiger partial charge in [0.2, 0.25) is 0 Å². The van der Waals surface area contributed by atoms with Crippen molar-refractivity contribution in [2.75, 3.05) is 6.54 Å². The van der Waals surface area contributed by atoms with E-state index in [1.54, 1.807) is 0 Å². The zero-order valence-corrected chi connectivity index (χ0v) is 11.5. The smallest absolute Gasteiger partial charge is 0.110 e. The summed E-state index contributed by atoms with van der Waals surface area (Å²) in [7, 11) is 0. The molecule has 4 nitrogen and oxygen atoms in total. The van der Waals surface area contributed by atoms with Gasteiger partial charge in [0, 0.05) is 18.2 Å². The number of hydrogen-bond acceptors (Lipinski definition) is 3. The third kappa shape index (κ3) is 2.53. The summed E-state index contributed by atoms with van der Waals surface area (Å²) in [5, 5.41) is 0. The van der Waals surface area contributed by atoms with Crippen molar-refractivity contribution < 1.29 is 0 Å². The highest BCUT2D eigenvalue weighted by Crippen LogP contribution is 2.25. The molecule has 0 unspecified atom stereocenters. The molecule has 4 heteroatoms. The van der Waals surface area contributed by atoms with Crippen molar-refractivity contribution in [2.24, 2.45) is 5.73 Å². The van der Waals surface area contributed by atoms with Crippen LogP contribution in [-0.2, 0) is 12.0 Å². The van der Waals surface area contributed by atoms with Crippen molar-refractivity contribution >= 4 is 11.0 Å². The van der Waals surface area contributed by atoms with Gasteiger partial charge in [0.25, 0.3) is 0 Å². The van der Waals surface area contributed by atoms with Crippen molar-refractivity contribution in [1.82, 2.24) is 14.5 Å². The summed E-state index contributed by atoms with van der Waals surface area (Å²) in [6.45, 7) is 7.38. The van der Waals surface area contributed by atoms with E-state index in [9.17, 15) is 0 Å². The zero-order chi connectivity index (χ0) is 13.2. The normalized spacial score (nSPS) is 12.2. The molecule has 2 aromatic rings. The van der Waals surface area contributed by atoms with E-state index >= 15 is 0 Å². The lowest BCUT2D eigenvalue weighted by Crippen LogP contribution is -2.24. The Morgan fingerprint density at radius 2 is 2.06 bits per heavy atom. The third-order valence-electron chi connectivity index (χ3n) is 3.05. The molecule has 0 atom stereocenters. The fourth-order valence-corrected chi connectivity index (χ4v) is 2.33. The van der Waals surface area contributed by atoms with E-state index in [0.29, 0.717) is 0 Å². The summed E-state index contributed by atoms with van der Waals surface area (Å²) in [5.41, 5.74) is 7.74. The number of fused-ring (bicyclic) bond motifs is 1. The van der Waals surface area contributed by atoms with Crippen LogP contribution in [0.15, 0.2) is 18.5 Å². The second kappa shape index (κ2) is 5.06. The molecule has 0 bridgehead atoms. The molecule has 0 saturated carbocycles. The molecule has 0 amide bonds. The van der Waals surface area contributed by atoms with Gasteiger partial charge in [-0.3, -0.25) is 4.98 Å². The van der Waals surface area contributed by atoms with Gasteiger partial charge < -0.3 is 10.3 Å². The SMILES string of the molecule is CC(C)(C)n1c(CCCCN)nc2cnccc21. The van der Waals surface area contributed by atoms with Crippen molar-refractivity contribution in [1.29, 1.82) is 0 Å². The Labute approximate surface area is 108 Å². The molecule has 2 aromatic heterocycles. The van der Waals surface area contributed by atoms with Crippen molar-refractivity contribution in [3.05, 3.63) is 24.3 Å². The number of aromatic nitrogens is 3. The van der Waals surface area contributed by atoms with Crippen molar-refractivity contribution in [2.45, 2.75) is 45.6 Å². The molecule has 18 heavy (non-hydrogen) atoms. The van der Waals surface area contributed by atoms with Crippen LogP contribution in [-0.4, -0.2) is 21.1 Å². The van der Waals surface area contributed by atoms with Crippen LogP contribution in [0.1, 0.15) is 39.4 Å². The van der Waals surface area contributed by atoms with Gasteiger partial charge in [-0.05, 0) is 46.2 Å². The van der Waals surface area contributed by atoms with Crippen LogP contribution in [0.4, 0.5) is 0 Å². The average molecular weight is 246 g/mol. The number of nitrogens with two attached hydrogens (primary N) is 1. The Kier molecular flexibility index (Phi) is 3.66. The summed E-state index contributed by atoms with van der Waals surface area (Å²) >= 11 is 0. The topological polar surface area (TPSA) is 56.7 Å². The monoisotopic (exact) mass is 246 g/mol. The molecule has 98 valence electrons. The molecule has 0 radical (unpaired) electrons. The predicted molar refractivity (Wildman–Crippen MR) is 74.5 cm³/mol.